The summed E-state index contributed by atoms with van der Waals surface area (Å²) in [4.78, 5) is 12.4. The number of aryl methyl sites for hydroxylation is 1. The van der Waals surface area contributed by atoms with Crippen LogP contribution in [0.4, 0.5) is 0 Å². The van der Waals surface area contributed by atoms with E-state index in [1.807, 2.05) is 19.9 Å². The second kappa shape index (κ2) is 31.8. The highest BCUT2D eigenvalue weighted by molar-refractivity contribution is 7.86. The molecule has 1 saturated heterocycles. The lowest BCUT2D eigenvalue weighted by Crippen LogP contribution is -2.34. The average molecular weight is 883 g/mol. The summed E-state index contributed by atoms with van der Waals surface area (Å²) in [6, 6.07) is 6.78. The number of ether oxygens (including phenoxy) is 8. The van der Waals surface area contributed by atoms with Crippen LogP contribution in [0, 0.1) is 6.92 Å². The predicted octanol–water partition coefficient (Wildman–Crippen LogP) is 10.7. The highest BCUT2D eigenvalue weighted by Crippen LogP contribution is 2.32. The second-order valence-electron chi connectivity index (χ2n) is 17.1. The third-order valence-corrected chi connectivity index (χ3v) is 13.2. The van der Waals surface area contributed by atoms with Gasteiger partial charge >= 0.3 is 5.97 Å². The Kier molecular flexibility index (Phi) is 27.9. The van der Waals surface area contributed by atoms with Crippen LogP contribution in [0.1, 0.15) is 167 Å². The fourth-order valence-electron chi connectivity index (χ4n) is 8.39. The zero-order valence-electron chi connectivity index (χ0n) is 38.6. The third kappa shape index (κ3) is 22.0. The van der Waals surface area contributed by atoms with Crippen molar-refractivity contribution in [3.63, 3.8) is 0 Å². The first-order valence-electron chi connectivity index (χ1n) is 23.5. The maximum Gasteiger partial charge on any atom is 0.334 e. The first-order valence-corrected chi connectivity index (χ1v) is 24.9. The van der Waals surface area contributed by atoms with Gasteiger partial charge in [0.1, 0.15) is 26.5 Å². The minimum absolute atomic E-state index is 0.0149. The topological polar surface area (TPSA) is 134 Å². The Morgan fingerprint density at radius 3 is 1.62 bits per heavy atom. The average Bonchev–Trinajstić information content (AvgIpc) is 3.86. The van der Waals surface area contributed by atoms with Gasteiger partial charge < -0.3 is 37.9 Å². The van der Waals surface area contributed by atoms with Crippen LogP contribution in [0.5, 0.6) is 0 Å². The molecule has 61 heavy (non-hydrogen) atoms. The quantitative estimate of drug-likeness (QED) is 0.0271. The minimum Gasteiger partial charge on any atom is -0.455 e. The van der Waals surface area contributed by atoms with Crippen LogP contribution in [0.2, 0.25) is 0 Å². The molecular formula is C48H82O12S. The van der Waals surface area contributed by atoms with Gasteiger partial charge in [0.05, 0.1) is 41.5 Å². The number of hydrogen-bond donors (Lipinski definition) is 0. The van der Waals surface area contributed by atoms with Crippen LogP contribution in [-0.4, -0.2) is 98.8 Å². The Morgan fingerprint density at radius 2 is 1.10 bits per heavy atom. The Hall–Kier alpha value is -1.94. The molecule has 1 aromatic carbocycles. The second-order valence-corrected chi connectivity index (χ2v) is 18.7. The van der Waals surface area contributed by atoms with E-state index in [4.69, 9.17) is 42.1 Å². The predicted molar refractivity (Wildman–Crippen MR) is 238 cm³/mol. The van der Waals surface area contributed by atoms with E-state index in [1.165, 1.54) is 57.8 Å². The highest BCUT2D eigenvalue weighted by Gasteiger charge is 2.37. The van der Waals surface area contributed by atoms with Crippen molar-refractivity contribution in [2.75, 3.05) is 41.7 Å². The van der Waals surface area contributed by atoms with E-state index in [-0.39, 0.29) is 67.9 Å². The van der Waals surface area contributed by atoms with Gasteiger partial charge in [-0.05, 0) is 77.0 Å². The van der Waals surface area contributed by atoms with E-state index in [0.29, 0.717) is 24.8 Å². The molecule has 2 heterocycles. The summed E-state index contributed by atoms with van der Waals surface area (Å²) in [6.45, 7) is 6.60. The van der Waals surface area contributed by atoms with Gasteiger partial charge in [0.25, 0.3) is 10.1 Å². The standard InChI is InChI=1S/C48H82O12S/c1-7-8-9-10-11-12-13-14-15-19-25-44(56-36-53-5)46-31-32-47(59-46)45(57-37-54-6)26-21-20-23-41(60-61(50,51)43-29-27-38(2)28-30-43)22-17-16-18-24-42(55-35-52-4)34-40-33-39(3)58-48(40)49/h27-30,33,39,41-42,44-47H,7-26,31-32,34-37H2,1-6H3/t39-,41?,42+,44-,45?,46-,47-/m0/s1. The van der Waals surface area contributed by atoms with Crippen molar-refractivity contribution >= 4 is 16.1 Å². The Morgan fingerprint density at radius 1 is 0.639 bits per heavy atom. The Balaban J connectivity index is 1.52. The molecule has 7 atom stereocenters. The maximum atomic E-state index is 13.4. The fraction of sp³-hybridized carbons (Fsp3) is 0.812. The first kappa shape index (κ1) is 53.4. The maximum absolute atomic E-state index is 13.4. The van der Waals surface area contributed by atoms with Crippen molar-refractivity contribution in [1.29, 1.82) is 0 Å². The molecule has 3 rings (SSSR count). The van der Waals surface area contributed by atoms with Gasteiger partial charge in [-0.3, -0.25) is 4.18 Å². The lowest BCUT2D eigenvalue weighted by molar-refractivity contribution is -0.159. The van der Waals surface area contributed by atoms with Gasteiger partial charge in [-0.1, -0.05) is 121 Å². The van der Waals surface area contributed by atoms with Gasteiger partial charge in [-0.25, -0.2) is 4.79 Å². The molecule has 13 heteroatoms. The highest BCUT2D eigenvalue weighted by atomic mass is 32.2. The molecule has 352 valence electrons. The Bertz CT molecular complexity index is 1420. The third-order valence-electron chi connectivity index (χ3n) is 11.8. The summed E-state index contributed by atoms with van der Waals surface area (Å²) in [5, 5.41) is 0. The molecule has 0 saturated carbocycles. The van der Waals surface area contributed by atoms with Gasteiger partial charge in [-0.15, -0.1) is 0 Å². The molecule has 2 aliphatic heterocycles. The number of unbranched alkanes of at least 4 members (excludes halogenated alkanes) is 12. The van der Waals surface area contributed by atoms with Crippen molar-refractivity contribution in [2.24, 2.45) is 0 Å². The number of carbonyl (C=O) groups excluding carboxylic acids is 1. The number of benzene rings is 1. The molecule has 1 fully saturated rings. The molecule has 0 spiro atoms. The number of rotatable bonds is 38. The molecule has 0 N–H and O–H groups in total. The molecule has 0 aromatic heterocycles. The lowest BCUT2D eigenvalue weighted by atomic mass is 9.98. The van der Waals surface area contributed by atoms with Crippen LogP contribution in [-0.2, 0) is 57.0 Å². The van der Waals surface area contributed by atoms with Gasteiger partial charge in [0.2, 0.25) is 0 Å². The normalized spacial score (nSPS) is 20.1. The van der Waals surface area contributed by atoms with Crippen molar-refractivity contribution in [3.05, 3.63) is 41.5 Å². The number of methoxy groups -OCH3 is 3. The molecule has 2 unspecified atom stereocenters. The summed E-state index contributed by atoms with van der Waals surface area (Å²) in [6.07, 6.45) is 23.6. The largest absolute Gasteiger partial charge is 0.455 e. The van der Waals surface area contributed by atoms with Crippen LogP contribution in [0.3, 0.4) is 0 Å². The zero-order valence-corrected chi connectivity index (χ0v) is 39.4. The van der Waals surface area contributed by atoms with Crippen LogP contribution in [0.25, 0.3) is 0 Å². The molecular weight excluding hydrogens is 801 g/mol. The zero-order chi connectivity index (χ0) is 44.1. The molecule has 0 radical (unpaired) electrons. The van der Waals surface area contributed by atoms with Gasteiger partial charge in [0.15, 0.2) is 0 Å². The molecule has 12 nitrogen and oxygen atoms in total. The van der Waals surface area contributed by atoms with Crippen LogP contribution < -0.4 is 0 Å². The van der Waals surface area contributed by atoms with E-state index in [1.54, 1.807) is 45.6 Å². The van der Waals surface area contributed by atoms with Gasteiger partial charge in [0, 0.05) is 33.3 Å². The van der Waals surface area contributed by atoms with Crippen molar-refractivity contribution < 1.29 is 55.3 Å². The van der Waals surface area contributed by atoms with Crippen LogP contribution in [0.15, 0.2) is 40.8 Å². The molecule has 2 aliphatic rings. The summed E-state index contributed by atoms with van der Waals surface area (Å²) in [7, 11) is 0.915. The van der Waals surface area contributed by atoms with Crippen molar-refractivity contribution in [3.8, 4) is 0 Å². The SMILES string of the molecule is CCCCCCCCCCCC[C@H](OCOC)[C@@H]1CC[C@@H](C(CCCCC(CCCCC[C@H](CC2=C[C@H](C)OC2=O)OCOC)OS(=O)(=O)c2ccc(C)cc2)OCOC)O1. The molecule has 0 amide bonds. The molecule has 0 aliphatic carbocycles. The minimum atomic E-state index is -3.95. The van der Waals surface area contributed by atoms with Gasteiger partial charge in [-0.2, -0.15) is 8.42 Å². The van der Waals surface area contributed by atoms with Crippen LogP contribution >= 0.6 is 0 Å². The monoisotopic (exact) mass is 883 g/mol. The summed E-state index contributed by atoms with van der Waals surface area (Å²) in [5.41, 5.74) is 1.62. The fourth-order valence-corrected chi connectivity index (χ4v) is 9.52. The molecule has 1 aromatic rings. The number of cyclic esters (lactones) is 1. The van der Waals surface area contributed by atoms with E-state index in [0.717, 1.165) is 76.2 Å². The van der Waals surface area contributed by atoms with Crippen molar-refractivity contribution in [1.82, 2.24) is 0 Å². The smallest absolute Gasteiger partial charge is 0.334 e. The lowest BCUT2D eigenvalue weighted by Gasteiger charge is -2.27. The van der Waals surface area contributed by atoms with E-state index < -0.39 is 16.2 Å². The summed E-state index contributed by atoms with van der Waals surface area (Å²) in [5.74, 6) is -0.291. The number of carbonyl (C=O) groups is 1. The van der Waals surface area contributed by atoms with Crippen molar-refractivity contribution in [2.45, 2.75) is 216 Å². The number of hydrogen-bond acceptors (Lipinski definition) is 12. The Labute approximate surface area is 369 Å². The molecule has 0 bridgehead atoms. The van der Waals surface area contributed by atoms with E-state index in [2.05, 4.69) is 6.92 Å². The first-order chi connectivity index (χ1) is 29.6. The summed E-state index contributed by atoms with van der Waals surface area (Å²) >= 11 is 0. The van der Waals surface area contributed by atoms with E-state index in [9.17, 15) is 13.2 Å². The van der Waals surface area contributed by atoms with E-state index >= 15 is 0 Å². The summed E-state index contributed by atoms with van der Waals surface area (Å²) < 4.78 is 78.8. The number of esters is 1.